The van der Waals surface area contributed by atoms with E-state index >= 15 is 0 Å². The zero-order chi connectivity index (χ0) is 13.1. The molecule has 1 N–H and O–H groups in total. The molecule has 2 atom stereocenters. The van der Waals surface area contributed by atoms with Gasteiger partial charge in [-0.2, -0.15) is 0 Å². The number of ether oxygens (including phenoxy) is 1. The van der Waals surface area contributed by atoms with Gasteiger partial charge in [-0.3, -0.25) is 4.99 Å². The Kier molecular flexibility index (Phi) is 4.38. The molecule has 1 aromatic carbocycles. The molecular formula is C15H19IN2O. The third-order valence-corrected chi connectivity index (χ3v) is 4.83. The van der Waals surface area contributed by atoms with E-state index in [-0.39, 0.29) is 6.04 Å². The summed E-state index contributed by atoms with van der Waals surface area (Å²) >= 11 is 2.46. The predicted molar refractivity (Wildman–Crippen MR) is 85.7 cm³/mol. The van der Waals surface area contributed by atoms with Crippen LogP contribution in [0.15, 0.2) is 35.3 Å². The molecule has 4 heteroatoms. The smallest absolute Gasteiger partial charge is 0.106 e. The number of benzene rings is 1. The van der Waals surface area contributed by atoms with E-state index in [1.165, 1.54) is 24.2 Å². The van der Waals surface area contributed by atoms with Gasteiger partial charge >= 0.3 is 0 Å². The molecule has 2 heterocycles. The molecule has 2 aliphatic rings. The van der Waals surface area contributed by atoms with Gasteiger partial charge in [0.2, 0.25) is 0 Å². The van der Waals surface area contributed by atoms with Crippen molar-refractivity contribution >= 4 is 28.4 Å². The van der Waals surface area contributed by atoms with Crippen LogP contribution in [0, 0.1) is 5.92 Å². The SMILES string of the molecule is I[C@@H]1NC(CC2CCOCC2)=N[C@@H]1c1ccccc1. The molecule has 0 amide bonds. The lowest BCUT2D eigenvalue weighted by atomic mass is 9.96. The summed E-state index contributed by atoms with van der Waals surface area (Å²) in [7, 11) is 0. The summed E-state index contributed by atoms with van der Waals surface area (Å²) in [5.41, 5.74) is 1.30. The van der Waals surface area contributed by atoms with Crippen LogP contribution in [-0.2, 0) is 4.74 Å². The zero-order valence-electron chi connectivity index (χ0n) is 10.9. The first-order valence-corrected chi connectivity index (χ1v) is 8.17. The molecule has 0 aromatic heterocycles. The Labute approximate surface area is 128 Å². The van der Waals surface area contributed by atoms with Crippen LogP contribution in [-0.4, -0.2) is 23.1 Å². The Balaban J connectivity index is 1.67. The largest absolute Gasteiger partial charge is 0.381 e. The highest BCUT2D eigenvalue weighted by Crippen LogP contribution is 2.31. The van der Waals surface area contributed by atoms with Crippen molar-refractivity contribution in [1.29, 1.82) is 0 Å². The monoisotopic (exact) mass is 370 g/mol. The molecular weight excluding hydrogens is 351 g/mol. The van der Waals surface area contributed by atoms with Crippen molar-refractivity contribution in [3.05, 3.63) is 35.9 Å². The van der Waals surface area contributed by atoms with Crippen LogP contribution in [0.4, 0.5) is 0 Å². The molecule has 102 valence electrons. The summed E-state index contributed by atoms with van der Waals surface area (Å²) in [6.07, 6.45) is 3.41. The van der Waals surface area contributed by atoms with Gasteiger partial charge in [0.25, 0.3) is 0 Å². The van der Waals surface area contributed by atoms with E-state index in [0.29, 0.717) is 4.05 Å². The molecule has 0 bridgehead atoms. The van der Waals surface area contributed by atoms with Crippen molar-refractivity contribution in [2.75, 3.05) is 13.2 Å². The average Bonchev–Trinajstić information content (AvgIpc) is 2.82. The quantitative estimate of drug-likeness (QED) is 0.503. The number of nitrogens with zero attached hydrogens (tertiary/aromatic N) is 1. The van der Waals surface area contributed by atoms with Gasteiger partial charge in [0.05, 0.1) is 5.84 Å². The molecule has 2 aliphatic heterocycles. The maximum atomic E-state index is 5.41. The summed E-state index contributed by atoms with van der Waals surface area (Å²) in [5, 5.41) is 3.55. The third kappa shape index (κ3) is 3.28. The van der Waals surface area contributed by atoms with Crippen molar-refractivity contribution in [2.24, 2.45) is 10.9 Å². The number of halogens is 1. The minimum Gasteiger partial charge on any atom is -0.381 e. The molecule has 0 unspecified atom stereocenters. The lowest BCUT2D eigenvalue weighted by Crippen LogP contribution is -2.29. The molecule has 1 aromatic rings. The van der Waals surface area contributed by atoms with E-state index in [2.05, 4.69) is 58.2 Å². The molecule has 0 aliphatic carbocycles. The fourth-order valence-electron chi connectivity index (χ4n) is 2.74. The minimum atomic E-state index is 0.261. The predicted octanol–water partition coefficient (Wildman–Crippen LogP) is 3.31. The lowest BCUT2D eigenvalue weighted by Gasteiger charge is -2.21. The second-order valence-electron chi connectivity index (χ2n) is 5.24. The normalized spacial score (nSPS) is 27.9. The summed E-state index contributed by atoms with van der Waals surface area (Å²) in [6, 6.07) is 10.8. The summed E-state index contributed by atoms with van der Waals surface area (Å²) < 4.78 is 5.78. The average molecular weight is 370 g/mol. The zero-order valence-corrected chi connectivity index (χ0v) is 13.0. The van der Waals surface area contributed by atoms with Crippen LogP contribution in [0.2, 0.25) is 0 Å². The van der Waals surface area contributed by atoms with E-state index in [9.17, 15) is 0 Å². The van der Waals surface area contributed by atoms with Crippen LogP contribution in [0.3, 0.4) is 0 Å². The highest BCUT2D eigenvalue weighted by atomic mass is 127. The van der Waals surface area contributed by atoms with Gasteiger partial charge in [0, 0.05) is 19.6 Å². The van der Waals surface area contributed by atoms with Crippen LogP contribution < -0.4 is 5.32 Å². The number of rotatable bonds is 3. The first-order chi connectivity index (χ1) is 9.33. The van der Waals surface area contributed by atoms with E-state index in [0.717, 1.165) is 25.6 Å². The summed E-state index contributed by atoms with van der Waals surface area (Å²) in [4.78, 5) is 4.89. The summed E-state index contributed by atoms with van der Waals surface area (Å²) in [5.74, 6) is 1.92. The third-order valence-electron chi connectivity index (χ3n) is 3.84. The van der Waals surface area contributed by atoms with E-state index in [4.69, 9.17) is 9.73 Å². The Morgan fingerprint density at radius 1 is 1.21 bits per heavy atom. The minimum absolute atomic E-state index is 0.261. The van der Waals surface area contributed by atoms with Gasteiger partial charge < -0.3 is 10.1 Å². The van der Waals surface area contributed by atoms with Gasteiger partial charge in [0.15, 0.2) is 0 Å². The van der Waals surface area contributed by atoms with Crippen molar-refractivity contribution in [3.63, 3.8) is 0 Å². The topological polar surface area (TPSA) is 33.6 Å². The van der Waals surface area contributed by atoms with Gasteiger partial charge in [-0.1, -0.05) is 52.9 Å². The van der Waals surface area contributed by atoms with Gasteiger partial charge in [-0.05, 0) is 24.3 Å². The fourth-order valence-corrected chi connectivity index (χ4v) is 3.67. The highest BCUT2D eigenvalue weighted by Gasteiger charge is 2.28. The maximum Gasteiger partial charge on any atom is 0.106 e. The van der Waals surface area contributed by atoms with E-state index < -0.39 is 0 Å². The van der Waals surface area contributed by atoms with Gasteiger partial charge in [-0.25, -0.2) is 0 Å². The Morgan fingerprint density at radius 3 is 2.68 bits per heavy atom. The number of amidine groups is 1. The number of nitrogens with one attached hydrogen (secondary N) is 1. The van der Waals surface area contributed by atoms with Crippen molar-refractivity contribution < 1.29 is 4.74 Å². The Morgan fingerprint density at radius 2 is 1.95 bits per heavy atom. The first-order valence-electron chi connectivity index (χ1n) is 6.93. The molecule has 1 saturated heterocycles. The second kappa shape index (κ2) is 6.22. The van der Waals surface area contributed by atoms with Crippen molar-refractivity contribution in [1.82, 2.24) is 5.32 Å². The first kappa shape index (κ1) is 13.4. The van der Waals surface area contributed by atoms with Gasteiger partial charge in [0.1, 0.15) is 10.1 Å². The second-order valence-corrected chi connectivity index (χ2v) is 6.58. The maximum absolute atomic E-state index is 5.41. The highest BCUT2D eigenvalue weighted by molar-refractivity contribution is 14.1. The van der Waals surface area contributed by atoms with Crippen molar-refractivity contribution in [2.45, 2.75) is 29.4 Å². The van der Waals surface area contributed by atoms with Gasteiger partial charge in [-0.15, -0.1) is 0 Å². The molecule has 19 heavy (non-hydrogen) atoms. The molecule has 1 fully saturated rings. The molecule has 3 nitrogen and oxygen atoms in total. The van der Waals surface area contributed by atoms with E-state index in [1.54, 1.807) is 0 Å². The number of aliphatic imine (C=N–C) groups is 1. The molecule has 3 rings (SSSR count). The van der Waals surface area contributed by atoms with Crippen molar-refractivity contribution in [3.8, 4) is 0 Å². The number of hydrogen-bond donors (Lipinski definition) is 1. The standard InChI is InChI=1S/C15H19IN2O/c16-15-14(12-4-2-1-3-5-12)17-13(18-15)10-11-6-8-19-9-7-11/h1-5,11,14-15H,6-10H2,(H,17,18)/t14-,15-/m1/s1. The van der Waals surface area contributed by atoms with E-state index in [1.807, 2.05) is 0 Å². The molecule has 0 saturated carbocycles. The number of hydrogen-bond acceptors (Lipinski definition) is 3. The Hall–Kier alpha value is -0.620. The molecule has 0 spiro atoms. The molecule has 0 radical (unpaired) electrons. The van der Waals surface area contributed by atoms with Crippen LogP contribution in [0.25, 0.3) is 0 Å². The van der Waals surface area contributed by atoms with Crippen LogP contribution in [0.5, 0.6) is 0 Å². The lowest BCUT2D eigenvalue weighted by molar-refractivity contribution is 0.0683. The van der Waals surface area contributed by atoms with Crippen LogP contribution in [0.1, 0.15) is 30.9 Å². The fraction of sp³-hybridized carbons (Fsp3) is 0.533. The summed E-state index contributed by atoms with van der Waals surface area (Å²) in [6.45, 7) is 1.82. The van der Waals surface area contributed by atoms with Crippen LogP contribution >= 0.6 is 22.6 Å². The number of alkyl halides is 1. The Bertz CT molecular complexity index is 443.